The van der Waals surface area contributed by atoms with Crippen LogP contribution in [0.25, 0.3) is 0 Å². The van der Waals surface area contributed by atoms with E-state index in [4.69, 9.17) is 0 Å². The number of hydrogen-bond donors (Lipinski definition) is 0. The van der Waals surface area contributed by atoms with Gasteiger partial charge in [-0.25, -0.2) is 0 Å². The van der Waals surface area contributed by atoms with Gasteiger partial charge in [-0.05, 0) is 0 Å². The van der Waals surface area contributed by atoms with Crippen molar-refractivity contribution in [2.75, 3.05) is 0 Å². The van der Waals surface area contributed by atoms with Crippen LogP contribution in [0, 0.1) is 0 Å². The van der Waals surface area contributed by atoms with E-state index in [-0.39, 0.29) is 0 Å². The van der Waals surface area contributed by atoms with Gasteiger partial charge >= 0.3 is 45.6 Å². The molecule has 0 fully saturated rings. The Hall–Kier alpha value is 0.0229. The van der Waals surface area contributed by atoms with Gasteiger partial charge in [0.2, 0.25) is 0 Å². The second-order valence-corrected chi connectivity index (χ2v) is 4.43. The zero-order chi connectivity index (χ0) is 4.41. The zero-order valence-electron chi connectivity index (χ0n) is 3.89. The molecule has 0 saturated heterocycles. The molecular weight excluding hydrogens is 133 g/mol. The van der Waals surface area contributed by atoms with Crippen LogP contribution in [0.3, 0.4) is 0 Å². The summed E-state index contributed by atoms with van der Waals surface area (Å²) in [7, 11) is 0. The van der Waals surface area contributed by atoms with Gasteiger partial charge in [-0.15, -0.1) is 0 Å². The van der Waals surface area contributed by atoms with Gasteiger partial charge in [-0.1, -0.05) is 0 Å². The molecule has 1 heteroatoms. The second kappa shape index (κ2) is 1.65. The van der Waals surface area contributed by atoms with Gasteiger partial charge in [-0.2, -0.15) is 0 Å². The number of rotatable bonds is 0. The summed E-state index contributed by atoms with van der Waals surface area (Å²) >= 11 is 0.969. The van der Waals surface area contributed by atoms with Crippen molar-refractivity contribution in [3.05, 3.63) is 24.3 Å². The van der Waals surface area contributed by atoms with E-state index >= 15 is 0 Å². The van der Waals surface area contributed by atoms with Crippen LogP contribution in [-0.2, 0) is 0 Å². The standard InChI is InChI=1S/C5H8Ge/c6-5-3-1-2-4-5/h1-5H,6H3. The first kappa shape index (κ1) is 4.19. The van der Waals surface area contributed by atoms with Crippen LogP contribution >= 0.6 is 0 Å². The molecule has 0 N–H and O–H groups in total. The molecule has 0 aliphatic heterocycles. The molecule has 0 unspecified atom stereocenters. The van der Waals surface area contributed by atoms with E-state index in [1.54, 1.807) is 0 Å². The van der Waals surface area contributed by atoms with E-state index in [9.17, 15) is 0 Å². The molecule has 6 heavy (non-hydrogen) atoms. The van der Waals surface area contributed by atoms with Crippen molar-refractivity contribution in [3.8, 4) is 0 Å². The van der Waals surface area contributed by atoms with Crippen LogP contribution in [0.15, 0.2) is 24.3 Å². The molecule has 1 aliphatic rings. The molecule has 0 heterocycles. The molecule has 0 aromatic rings. The summed E-state index contributed by atoms with van der Waals surface area (Å²) in [6.45, 7) is 0. The first-order valence-electron chi connectivity index (χ1n) is 2.24. The molecule has 0 aromatic carbocycles. The molecule has 0 saturated carbocycles. The second-order valence-electron chi connectivity index (χ2n) is 1.63. The summed E-state index contributed by atoms with van der Waals surface area (Å²) in [4.78, 5) is 0. The predicted molar refractivity (Wildman–Crippen MR) is 32.0 cm³/mol. The van der Waals surface area contributed by atoms with Gasteiger partial charge in [0.1, 0.15) is 0 Å². The average Bonchev–Trinajstić information content (AvgIpc) is 1.86. The monoisotopic (exact) mass is 142 g/mol. The van der Waals surface area contributed by atoms with Gasteiger partial charge in [0.05, 0.1) is 0 Å². The zero-order valence-corrected chi connectivity index (χ0v) is 8.08. The maximum atomic E-state index is 2.25. The molecular formula is C5H8Ge. The van der Waals surface area contributed by atoms with Gasteiger partial charge in [0.25, 0.3) is 0 Å². The van der Waals surface area contributed by atoms with Crippen LogP contribution < -0.4 is 0 Å². The van der Waals surface area contributed by atoms with E-state index in [2.05, 4.69) is 24.3 Å². The molecule has 0 amide bonds. The van der Waals surface area contributed by atoms with E-state index in [1.807, 2.05) is 0 Å². The Kier molecular flexibility index (Phi) is 1.15. The van der Waals surface area contributed by atoms with Crippen molar-refractivity contribution in [1.29, 1.82) is 0 Å². The third-order valence-corrected chi connectivity index (χ3v) is 2.56. The fourth-order valence-electron chi connectivity index (χ4n) is 0.543. The van der Waals surface area contributed by atoms with Crippen molar-refractivity contribution in [2.45, 2.75) is 4.75 Å². The Morgan fingerprint density at radius 1 is 1.17 bits per heavy atom. The van der Waals surface area contributed by atoms with Crippen molar-refractivity contribution in [3.63, 3.8) is 0 Å². The summed E-state index contributed by atoms with van der Waals surface area (Å²) in [5.74, 6) is 0. The minimum absolute atomic E-state index is 0.873. The first-order valence-corrected chi connectivity index (χ1v) is 4.67. The molecule has 1 rings (SSSR count). The van der Waals surface area contributed by atoms with Gasteiger partial charge in [0.15, 0.2) is 0 Å². The van der Waals surface area contributed by atoms with Gasteiger partial charge in [-0.3, -0.25) is 0 Å². The van der Waals surface area contributed by atoms with E-state index in [1.165, 1.54) is 0 Å². The molecule has 32 valence electrons. The molecule has 0 radical (unpaired) electrons. The van der Waals surface area contributed by atoms with Gasteiger partial charge < -0.3 is 0 Å². The fraction of sp³-hybridized carbons (Fsp3) is 0.200. The predicted octanol–water partition coefficient (Wildman–Crippen LogP) is 0.266. The third-order valence-electron chi connectivity index (χ3n) is 0.940. The molecule has 0 bridgehead atoms. The fourth-order valence-corrected chi connectivity index (χ4v) is 1.48. The Bertz CT molecular complexity index is 80.1. The van der Waals surface area contributed by atoms with E-state index < -0.39 is 0 Å². The summed E-state index contributed by atoms with van der Waals surface area (Å²) in [5.41, 5.74) is 0. The summed E-state index contributed by atoms with van der Waals surface area (Å²) in [6.07, 6.45) is 8.74. The average molecular weight is 141 g/mol. The third kappa shape index (κ3) is 0.745. The van der Waals surface area contributed by atoms with E-state index in [0.717, 1.165) is 21.3 Å². The summed E-state index contributed by atoms with van der Waals surface area (Å²) in [6, 6.07) is 0. The van der Waals surface area contributed by atoms with Crippen LogP contribution in [0.2, 0.25) is 4.75 Å². The van der Waals surface area contributed by atoms with Crippen LogP contribution in [-0.4, -0.2) is 16.5 Å². The van der Waals surface area contributed by atoms with Crippen molar-refractivity contribution >= 4 is 16.5 Å². The number of allylic oxidation sites excluding steroid dienone is 4. The molecule has 0 spiro atoms. The Labute approximate surface area is 46.2 Å². The molecule has 0 atom stereocenters. The van der Waals surface area contributed by atoms with Crippen LogP contribution in [0.5, 0.6) is 0 Å². The first-order chi connectivity index (χ1) is 2.89. The van der Waals surface area contributed by atoms with Crippen LogP contribution in [0.4, 0.5) is 0 Å². The van der Waals surface area contributed by atoms with Gasteiger partial charge in [0, 0.05) is 0 Å². The summed E-state index contributed by atoms with van der Waals surface area (Å²) in [5, 5.41) is 0. The maximum absolute atomic E-state index is 2.25. The molecule has 0 aromatic heterocycles. The Balaban J connectivity index is 2.60. The van der Waals surface area contributed by atoms with Crippen molar-refractivity contribution < 1.29 is 0 Å². The Morgan fingerprint density at radius 3 is 1.83 bits per heavy atom. The Morgan fingerprint density at radius 2 is 1.67 bits per heavy atom. The summed E-state index contributed by atoms with van der Waals surface area (Å²) < 4.78 is 0.873. The van der Waals surface area contributed by atoms with Crippen molar-refractivity contribution in [2.24, 2.45) is 0 Å². The SMILES string of the molecule is [GeH3][CH]1C=CC=C1. The molecule has 0 nitrogen and oxygen atoms in total. The minimum atomic E-state index is 0.873. The van der Waals surface area contributed by atoms with Crippen LogP contribution in [0.1, 0.15) is 0 Å². The molecule has 1 aliphatic carbocycles. The quantitative estimate of drug-likeness (QED) is 0.424. The van der Waals surface area contributed by atoms with Crippen molar-refractivity contribution in [1.82, 2.24) is 0 Å². The van der Waals surface area contributed by atoms with E-state index in [0.29, 0.717) is 0 Å². The topological polar surface area (TPSA) is 0 Å². The number of hydrogen-bond acceptors (Lipinski definition) is 0. The normalized spacial score (nSPS) is 20.7.